The summed E-state index contributed by atoms with van der Waals surface area (Å²) >= 11 is 5.95. The molecule has 5 heteroatoms. The molecule has 0 unspecified atom stereocenters. The van der Waals surface area contributed by atoms with Crippen molar-refractivity contribution >= 4 is 17.4 Å². The van der Waals surface area contributed by atoms with Crippen molar-refractivity contribution in [1.29, 1.82) is 0 Å². The fourth-order valence-corrected chi connectivity index (χ4v) is 1.81. The van der Waals surface area contributed by atoms with Gasteiger partial charge in [0, 0.05) is 11.1 Å². The number of ether oxygens (including phenoxy) is 2. The van der Waals surface area contributed by atoms with E-state index < -0.39 is 0 Å². The summed E-state index contributed by atoms with van der Waals surface area (Å²) in [7, 11) is 0. The number of Topliss-reactive ketones (excluding diaryl/α,β-unsaturated/α-hetero) is 1. The third-order valence-electron chi connectivity index (χ3n) is 2.33. The number of nitrogens with two attached hydrogens (primary N) is 1. The summed E-state index contributed by atoms with van der Waals surface area (Å²) < 4.78 is 10.4. The number of hydrogen-bond acceptors (Lipinski definition) is 4. The number of rotatable bonds is 2. The van der Waals surface area contributed by atoms with Crippen LogP contribution in [-0.4, -0.2) is 19.1 Å². The molecule has 0 atom stereocenters. The van der Waals surface area contributed by atoms with Gasteiger partial charge in [-0.3, -0.25) is 4.79 Å². The second-order valence-electron chi connectivity index (χ2n) is 3.22. The lowest BCUT2D eigenvalue weighted by Crippen LogP contribution is -2.14. The molecule has 0 aliphatic carbocycles. The fraction of sp³-hybridized carbons (Fsp3) is 0.300. The van der Waals surface area contributed by atoms with Crippen LogP contribution in [0.5, 0.6) is 11.5 Å². The third kappa shape index (κ3) is 1.56. The van der Waals surface area contributed by atoms with Crippen LogP contribution in [0.15, 0.2) is 6.07 Å². The van der Waals surface area contributed by atoms with Gasteiger partial charge in [0.1, 0.15) is 0 Å². The summed E-state index contributed by atoms with van der Waals surface area (Å²) in [6.45, 7) is 1.87. The van der Waals surface area contributed by atoms with Gasteiger partial charge in [0.2, 0.25) is 6.79 Å². The van der Waals surface area contributed by atoms with Crippen molar-refractivity contribution in [2.75, 3.05) is 13.3 Å². The van der Waals surface area contributed by atoms with Crippen molar-refractivity contribution < 1.29 is 14.3 Å². The van der Waals surface area contributed by atoms with Crippen molar-refractivity contribution in [3.63, 3.8) is 0 Å². The molecule has 1 aromatic carbocycles. The number of ketones is 1. The van der Waals surface area contributed by atoms with E-state index in [9.17, 15) is 4.79 Å². The van der Waals surface area contributed by atoms with E-state index in [2.05, 4.69) is 0 Å². The monoisotopic (exact) mass is 227 g/mol. The highest BCUT2D eigenvalue weighted by Crippen LogP contribution is 2.43. The first-order valence-corrected chi connectivity index (χ1v) is 4.85. The van der Waals surface area contributed by atoms with Crippen LogP contribution in [0.2, 0.25) is 5.02 Å². The van der Waals surface area contributed by atoms with E-state index in [4.69, 9.17) is 26.8 Å². The summed E-state index contributed by atoms with van der Waals surface area (Å²) in [5.74, 6) is 0.884. The summed E-state index contributed by atoms with van der Waals surface area (Å²) in [4.78, 5) is 11.5. The molecule has 80 valence electrons. The molecule has 1 aliphatic rings. The highest BCUT2D eigenvalue weighted by atomic mass is 35.5. The number of halogens is 1. The van der Waals surface area contributed by atoms with Crippen LogP contribution >= 0.6 is 11.6 Å². The average Bonchev–Trinajstić information content (AvgIpc) is 2.71. The van der Waals surface area contributed by atoms with Gasteiger partial charge in [0.15, 0.2) is 17.3 Å². The molecule has 0 radical (unpaired) electrons. The molecule has 0 amide bonds. The van der Waals surface area contributed by atoms with Crippen LogP contribution in [0.1, 0.15) is 15.9 Å². The van der Waals surface area contributed by atoms with Gasteiger partial charge in [-0.2, -0.15) is 0 Å². The van der Waals surface area contributed by atoms with Crippen LogP contribution in [0.25, 0.3) is 0 Å². The van der Waals surface area contributed by atoms with Gasteiger partial charge in [0.05, 0.1) is 11.6 Å². The fourth-order valence-electron chi connectivity index (χ4n) is 1.56. The molecule has 0 aromatic heterocycles. The maximum Gasteiger partial charge on any atom is 0.231 e. The Bertz CT molecular complexity index is 431. The van der Waals surface area contributed by atoms with Gasteiger partial charge < -0.3 is 15.2 Å². The first-order valence-electron chi connectivity index (χ1n) is 4.47. The van der Waals surface area contributed by atoms with Gasteiger partial charge in [-0.25, -0.2) is 0 Å². The van der Waals surface area contributed by atoms with Gasteiger partial charge in [0.25, 0.3) is 0 Å². The number of fused-ring (bicyclic) bond motifs is 1. The Morgan fingerprint density at radius 2 is 2.20 bits per heavy atom. The minimum Gasteiger partial charge on any atom is -0.453 e. The Labute approximate surface area is 91.9 Å². The third-order valence-corrected chi connectivity index (χ3v) is 2.61. The summed E-state index contributed by atoms with van der Waals surface area (Å²) in [5.41, 5.74) is 6.52. The van der Waals surface area contributed by atoms with Crippen molar-refractivity contribution in [2.45, 2.75) is 6.92 Å². The normalized spacial score (nSPS) is 13.0. The first kappa shape index (κ1) is 10.3. The standard InChI is InChI=1S/C10H10ClNO3/c1-5-6(8(13)3-12)2-7(11)10-9(5)14-4-15-10/h2H,3-4,12H2,1H3. The van der Waals surface area contributed by atoms with Gasteiger partial charge in [-0.05, 0) is 13.0 Å². The van der Waals surface area contributed by atoms with Crippen LogP contribution in [0, 0.1) is 6.92 Å². The van der Waals surface area contributed by atoms with Gasteiger partial charge in [-0.15, -0.1) is 0 Å². The second-order valence-corrected chi connectivity index (χ2v) is 3.63. The van der Waals surface area contributed by atoms with Crippen molar-refractivity contribution in [1.82, 2.24) is 0 Å². The van der Waals surface area contributed by atoms with E-state index in [-0.39, 0.29) is 19.1 Å². The molecule has 0 bridgehead atoms. The van der Waals surface area contributed by atoms with E-state index >= 15 is 0 Å². The highest BCUT2D eigenvalue weighted by molar-refractivity contribution is 6.33. The minimum absolute atomic E-state index is 0.0448. The molecule has 0 fully saturated rings. The molecule has 1 heterocycles. The summed E-state index contributed by atoms with van der Waals surface area (Å²) in [6.07, 6.45) is 0. The Morgan fingerprint density at radius 3 is 2.87 bits per heavy atom. The number of benzene rings is 1. The number of carbonyl (C=O) groups excluding carboxylic acids is 1. The summed E-state index contributed by atoms with van der Waals surface area (Å²) in [6, 6.07) is 1.57. The molecule has 15 heavy (non-hydrogen) atoms. The van der Waals surface area contributed by atoms with Crippen molar-refractivity contribution in [2.24, 2.45) is 5.73 Å². The molecule has 0 spiro atoms. The number of carbonyl (C=O) groups is 1. The van der Waals surface area contributed by atoms with E-state index in [0.29, 0.717) is 22.1 Å². The molecular weight excluding hydrogens is 218 g/mol. The number of hydrogen-bond donors (Lipinski definition) is 1. The molecule has 0 saturated carbocycles. The second kappa shape index (κ2) is 3.72. The van der Waals surface area contributed by atoms with E-state index in [0.717, 1.165) is 5.56 Å². The Kier molecular flexibility index (Phi) is 2.54. The molecular formula is C10H10ClNO3. The maximum absolute atomic E-state index is 11.5. The lowest BCUT2D eigenvalue weighted by molar-refractivity contribution is 0.100. The van der Waals surface area contributed by atoms with Gasteiger partial charge in [-0.1, -0.05) is 11.6 Å². The Hall–Kier alpha value is -1.26. The van der Waals surface area contributed by atoms with Crippen molar-refractivity contribution in [3.8, 4) is 11.5 Å². The quantitative estimate of drug-likeness (QED) is 0.779. The molecule has 4 nitrogen and oxygen atoms in total. The predicted molar refractivity (Wildman–Crippen MR) is 55.7 cm³/mol. The van der Waals surface area contributed by atoms with E-state index in [1.54, 1.807) is 13.0 Å². The average molecular weight is 228 g/mol. The molecule has 1 aromatic rings. The topological polar surface area (TPSA) is 61.6 Å². The largest absolute Gasteiger partial charge is 0.453 e. The SMILES string of the molecule is Cc1c(C(=O)CN)cc(Cl)c2c1OCO2. The van der Waals surface area contributed by atoms with Gasteiger partial charge >= 0.3 is 0 Å². The molecule has 0 saturated heterocycles. The predicted octanol–water partition coefficient (Wildman–Crippen LogP) is 1.52. The zero-order chi connectivity index (χ0) is 11.0. The van der Waals surface area contributed by atoms with Crippen molar-refractivity contribution in [3.05, 3.63) is 22.2 Å². The molecule has 1 aliphatic heterocycles. The minimum atomic E-state index is -0.160. The van der Waals surface area contributed by atoms with E-state index in [1.165, 1.54) is 0 Å². The lowest BCUT2D eigenvalue weighted by Gasteiger charge is -2.08. The summed E-state index contributed by atoms with van der Waals surface area (Å²) in [5, 5.41) is 0.380. The molecule has 2 N–H and O–H groups in total. The van der Waals surface area contributed by atoms with Crippen LogP contribution < -0.4 is 15.2 Å². The lowest BCUT2D eigenvalue weighted by atomic mass is 10.0. The molecule has 2 rings (SSSR count). The smallest absolute Gasteiger partial charge is 0.231 e. The first-order chi connectivity index (χ1) is 7.15. The van der Waals surface area contributed by atoms with Crippen LogP contribution in [0.4, 0.5) is 0 Å². The Balaban J connectivity index is 2.59. The maximum atomic E-state index is 11.5. The van der Waals surface area contributed by atoms with Crippen LogP contribution in [-0.2, 0) is 0 Å². The van der Waals surface area contributed by atoms with Crippen LogP contribution in [0.3, 0.4) is 0 Å². The zero-order valence-corrected chi connectivity index (χ0v) is 8.93. The highest BCUT2D eigenvalue weighted by Gasteiger charge is 2.24. The Morgan fingerprint density at radius 1 is 1.53 bits per heavy atom. The van der Waals surface area contributed by atoms with E-state index in [1.807, 2.05) is 0 Å². The zero-order valence-electron chi connectivity index (χ0n) is 8.17.